The van der Waals surface area contributed by atoms with Gasteiger partial charge >= 0.3 is 0 Å². The number of thioether (sulfide) groups is 1. The molecule has 0 amide bonds. The number of halogens is 1. The molecule has 19 heavy (non-hydrogen) atoms. The van der Waals surface area contributed by atoms with Crippen molar-refractivity contribution in [2.45, 2.75) is 30.9 Å². The minimum absolute atomic E-state index is 0.115. The first kappa shape index (κ1) is 13.8. The second kappa shape index (κ2) is 6.02. The number of rotatable bonds is 4. The van der Waals surface area contributed by atoms with Crippen LogP contribution in [0.4, 0.5) is 4.39 Å². The van der Waals surface area contributed by atoms with Crippen molar-refractivity contribution in [1.82, 2.24) is 9.97 Å². The number of aromatic amines is 1. The molecule has 2 rings (SSSR count). The molecule has 2 aromatic rings. The molecular formula is C14H15FN2OS. The lowest BCUT2D eigenvalue weighted by atomic mass is 10.2. The fraction of sp³-hybridized carbons (Fsp3) is 0.286. The van der Waals surface area contributed by atoms with Crippen molar-refractivity contribution in [3.8, 4) is 0 Å². The molecule has 1 heterocycles. The van der Waals surface area contributed by atoms with Crippen molar-refractivity contribution in [3.63, 3.8) is 0 Å². The van der Waals surface area contributed by atoms with Crippen LogP contribution in [0, 0.1) is 12.7 Å². The van der Waals surface area contributed by atoms with Gasteiger partial charge in [-0.3, -0.25) is 4.79 Å². The Kier molecular flexibility index (Phi) is 4.37. The highest BCUT2D eigenvalue weighted by atomic mass is 32.2. The van der Waals surface area contributed by atoms with Crippen LogP contribution in [-0.2, 0) is 12.2 Å². The van der Waals surface area contributed by atoms with Crippen LogP contribution < -0.4 is 5.56 Å². The molecule has 0 fully saturated rings. The van der Waals surface area contributed by atoms with Gasteiger partial charge in [-0.15, -0.1) is 11.8 Å². The summed E-state index contributed by atoms with van der Waals surface area (Å²) in [7, 11) is 0. The Hall–Kier alpha value is -1.62. The highest BCUT2D eigenvalue weighted by Gasteiger charge is 2.07. The molecule has 1 N–H and O–H groups in total. The molecule has 0 saturated heterocycles. The van der Waals surface area contributed by atoms with E-state index < -0.39 is 0 Å². The van der Waals surface area contributed by atoms with Gasteiger partial charge in [-0.1, -0.05) is 19.1 Å². The van der Waals surface area contributed by atoms with Gasteiger partial charge in [0.2, 0.25) is 0 Å². The minimum atomic E-state index is -0.252. The first-order chi connectivity index (χ1) is 9.11. The highest BCUT2D eigenvalue weighted by Crippen LogP contribution is 2.23. The van der Waals surface area contributed by atoms with Crippen molar-refractivity contribution in [2.24, 2.45) is 0 Å². The molecule has 0 atom stereocenters. The van der Waals surface area contributed by atoms with E-state index in [0.29, 0.717) is 28.5 Å². The second-order valence-corrected chi connectivity index (χ2v) is 5.17. The lowest BCUT2D eigenvalue weighted by Crippen LogP contribution is -2.17. The lowest BCUT2D eigenvalue weighted by Gasteiger charge is -2.06. The molecule has 1 aromatic heterocycles. The molecule has 0 bridgehead atoms. The van der Waals surface area contributed by atoms with Crippen LogP contribution in [-0.4, -0.2) is 9.97 Å². The maximum Gasteiger partial charge on any atom is 0.254 e. The Morgan fingerprint density at radius 1 is 1.37 bits per heavy atom. The van der Waals surface area contributed by atoms with E-state index in [-0.39, 0.29) is 11.4 Å². The smallest absolute Gasteiger partial charge is 0.254 e. The topological polar surface area (TPSA) is 45.8 Å². The summed E-state index contributed by atoms with van der Waals surface area (Å²) in [5.41, 5.74) is 1.34. The average molecular weight is 278 g/mol. The van der Waals surface area contributed by atoms with Crippen molar-refractivity contribution in [3.05, 3.63) is 57.5 Å². The van der Waals surface area contributed by atoms with Crippen LogP contribution in [0.25, 0.3) is 0 Å². The highest BCUT2D eigenvalue weighted by molar-refractivity contribution is 7.98. The Bertz CT molecular complexity index is 640. The van der Waals surface area contributed by atoms with E-state index in [9.17, 15) is 9.18 Å². The van der Waals surface area contributed by atoms with E-state index in [1.807, 2.05) is 6.92 Å². The third-order valence-corrected chi connectivity index (χ3v) is 3.90. The Morgan fingerprint density at radius 2 is 2.11 bits per heavy atom. The zero-order valence-corrected chi connectivity index (χ0v) is 11.7. The summed E-state index contributed by atoms with van der Waals surface area (Å²) in [6, 6.07) is 6.58. The zero-order chi connectivity index (χ0) is 13.8. The van der Waals surface area contributed by atoms with Gasteiger partial charge in [0, 0.05) is 10.5 Å². The molecule has 0 radical (unpaired) electrons. The Morgan fingerprint density at radius 3 is 2.79 bits per heavy atom. The predicted octanol–water partition coefficient (Wildman–Crippen LogP) is 3.07. The molecule has 0 aliphatic rings. The fourth-order valence-corrected chi connectivity index (χ4v) is 2.56. The summed E-state index contributed by atoms with van der Waals surface area (Å²) >= 11 is 1.33. The van der Waals surface area contributed by atoms with E-state index in [4.69, 9.17) is 0 Å². The molecule has 3 nitrogen and oxygen atoms in total. The van der Waals surface area contributed by atoms with Gasteiger partial charge in [-0.05, 0) is 25.5 Å². The van der Waals surface area contributed by atoms with Crippen molar-refractivity contribution in [1.29, 1.82) is 0 Å². The number of H-pyrrole nitrogens is 1. The maximum atomic E-state index is 13.5. The largest absolute Gasteiger partial charge is 0.310 e. The summed E-state index contributed by atoms with van der Waals surface area (Å²) < 4.78 is 13.5. The third-order valence-electron chi connectivity index (χ3n) is 2.84. The third kappa shape index (κ3) is 3.23. The van der Waals surface area contributed by atoms with Gasteiger partial charge in [0.05, 0.1) is 11.4 Å². The number of aryl methyl sites for hydroxylation is 1. The van der Waals surface area contributed by atoms with Gasteiger partial charge in [0.1, 0.15) is 11.6 Å². The van der Waals surface area contributed by atoms with E-state index in [1.165, 1.54) is 17.8 Å². The van der Waals surface area contributed by atoms with Crippen LogP contribution in [0.1, 0.15) is 24.0 Å². The van der Waals surface area contributed by atoms with Crippen LogP contribution in [0.15, 0.2) is 34.0 Å². The van der Waals surface area contributed by atoms with Crippen molar-refractivity contribution in [2.75, 3.05) is 0 Å². The lowest BCUT2D eigenvalue weighted by molar-refractivity contribution is 0.602. The van der Waals surface area contributed by atoms with Crippen LogP contribution in [0.5, 0.6) is 0 Å². The molecule has 0 aliphatic heterocycles. The SMILES string of the molecule is CCc1nc(CSc2ccccc2F)[nH]c(=O)c1C. The van der Waals surface area contributed by atoms with E-state index in [2.05, 4.69) is 9.97 Å². The first-order valence-corrected chi connectivity index (χ1v) is 7.06. The van der Waals surface area contributed by atoms with E-state index in [1.54, 1.807) is 25.1 Å². The standard InChI is InChI=1S/C14H15FN2OS/c1-3-11-9(2)14(18)17-13(16-11)8-19-12-7-5-4-6-10(12)15/h4-7H,3,8H2,1-2H3,(H,16,17,18). The van der Waals surface area contributed by atoms with Gasteiger partial charge in [0.15, 0.2) is 0 Å². The molecular weight excluding hydrogens is 263 g/mol. The quantitative estimate of drug-likeness (QED) is 0.874. The van der Waals surface area contributed by atoms with Crippen LogP contribution in [0.3, 0.4) is 0 Å². The molecule has 100 valence electrons. The second-order valence-electron chi connectivity index (χ2n) is 4.16. The summed E-state index contributed by atoms with van der Waals surface area (Å²) in [5, 5.41) is 0. The summed E-state index contributed by atoms with van der Waals surface area (Å²) in [4.78, 5) is 19.4. The van der Waals surface area contributed by atoms with Gasteiger partial charge in [-0.2, -0.15) is 0 Å². The number of hydrogen-bond donors (Lipinski definition) is 1. The molecule has 1 aromatic carbocycles. The molecule has 0 aliphatic carbocycles. The summed E-state index contributed by atoms with van der Waals surface area (Å²) in [6.07, 6.45) is 0.715. The molecule has 0 spiro atoms. The van der Waals surface area contributed by atoms with Gasteiger partial charge in [0.25, 0.3) is 5.56 Å². The van der Waals surface area contributed by atoms with E-state index >= 15 is 0 Å². The Balaban J connectivity index is 2.19. The zero-order valence-electron chi connectivity index (χ0n) is 10.9. The normalized spacial score (nSPS) is 10.7. The number of benzene rings is 1. The average Bonchev–Trinajstić information content (AvgIpc) is 2.41. The Labute approximate surface area is 115 Å². The van der Waals surface area contributed by atoms with E-state index in [0.717, 1.165) is 5.69 Å². The monoisotopic (exact) mass is 278 g/mol. The summed E-state index contributed by atoms with van der Waals surface area (Å²) in [5.74, 6) is 0.780. The number of hydrogen-bond acceptors (Lipinski definition) is 3. The van der Waals surface area contributed by atoms with Gasteiger partial charge in [-0.25, -0.2) is 9.37 Å². The van der Waals surface area contributed by atoms with Crippen LogP contribution in [0.2, 0.25) is 0 Å². The summed E-state index contributed by atoms with van der Waals surface area (Å²) in [6.45, 7) is 3.72. The number of nitrogens with one attached hydrogen (secondary N) is 1. The van der Waals surface area contributed by atoms with Crippen molar-refractivity contribution >= 4 is 11.8 Å². The predicted molar refractivity (Wildman–Crippen MR) is 74.9 cm³/mol. The molecule has 0 saturated carbocycles. The fourth-order valence-electron chi connectivity index (χ4n) is 1.75. The maximum absolute atomic E-state index is 13.5. The van der Waals surface area contributed by atoms with Gasteiger partial charge < -0.3 is 4.98 Å². The molecule has 0 unspecified atom stereocenters. The van der Waals surface area contributed by atoms with Crippen LogP contribution >= 0.6 is 11.8 Å². The first-order valence-electron chi connectivity index (χ1n) is 6.07. The van der Waals surface area contributed by atoms with Crippen molar-refractivity contribution < 1.29 is 4.39 Å². The minimum Gasteiger partial charge on any atom is -0.310 e. The number of nitrogens with zero attached hydrogens (tertiary/aromatic N) is 1. The molecule has 5 heteroatoms. The number of aromatic nitrogens is 2.